The van der Waals surface area contributed by atoms with Gasteiger partial charge in [0.05, 0.1) is 18.5 Å². The molecule has 5 nitrogen and oxygen atoms in total. The molecule has 124 valence electrons. The topological polar surface area (TPSA) is 60.5 Å². The highest BCUT2D eigenvalue weighted by molar-refractivity contribution is 5.97. The Balaban J connectivity index is 2.76. The van der Waals surface area contributed by atoms with E-state index in [1.165, 1.54) is 0 Å². The van der Waals surface area contributed by atoms with Gasteiger partial charge in [-0.2, -0.15) is 0 Å². The number of hydrogen-bond donors (Lipinski definition) is 1. The maximum Gasteiger partial charge on any atom is 0.256 e. The standard InChI is InChI=1S/C17H28N2O3/c1-6-9-21-15-13(4)11-14(12-18-15)19-16(20)17(5,8-3)22-10-7-2/h11-12H,6-10H2,1-5H3,(H,19,20)/t17-/m0/s1. The number of aryl methyl sites for hydroxylation is 1. The van der Waals surface area contributed by atoms with Gasteiger partial charge in [-0.3, -0.25) is 4.79 Å². The molecule has 0 aromatic carbocycles. The van der Waals surface area contributed by atoms with E-state index in [2.05, 4.69) is 10.3 Å². The lowest BCUT2D eigenvalue weighted by Crippen LogP contribution is -2.42. The number of aromatic nitrogens is 1. The van der Waals surface area contributed by atoms with Gasteiger partial charge in [-0.25, -0.2) is 4.98 Å². The Hall–Kier alpha value is -1.62. The summed E-state index contributed by atoms with van der Waals surface area (Å²) in [6.45, 7) is 11.0. The first-order valence-electron chi connectivity index (χ1n) is 8.01. The highest BCUT2D eigenvalue weighted by Crippen LogP contribution is 2.22. The number of rotatable bonds is 9. The predicted octanol–water partition coefficient (Wildman–Crippen LogP) is 3.71. The molecule has 0 radical (unpaired) electrons. The summed E-state index contributed by atoms with van der Waals surface area (Å²) in [6, 6.07) is 1.87. The van der Waals surface area contributed by atoms with Crippen LogP contribution in [-0.2, 0) is 9.53 Å². The molecule has 1 atom stereocenters. The minimum Gasteiger partial charge on any atom is -0.477 e. The van der Waals surface area contributed by atoms with Crippen LogP contribution in [-0.4, -0.2) is 29.7 Å². The minimum atomic E-state index is -0.818. The summed E-state index contributed by atoms with van der Waals surface area (Å²) in [6.07, 6.45) is 4.05. The molecule has 0 bridgehead atoms. The number of carbonyl (C=O) groups excluding carboxylic acids is 1. The summed E-state index contributed by atoms with van der Waals surface area (Å²) in [5.74, 6) is 0.465. The lowest BCUT2D eigenvalue weighted by Gasteiger charge is -2.27. The van der Waals surface area contributed by atoms with Crippen LogP contribution in [0.1, 0.15) is 52.5 Å². The van der Waals surface area contributed by atoms with Crippen LogP contribution in [0.5, 0.6) is 5.88 Å². The van der Waals surface area contributed by atoms with Gasteiger partial charge in [0.15, 0.2) is 0 Å². The van der Waals surface area contributed by atoms with Crippen molar-refractivity contribution in [1.29, 1.82) is 0 Å². The van der Waals surface area contributed by atoms with Crippen molar-refractivity contribution in [2.45, 2.75) is 59.5 Å². The van der Waals surface area contributed by atoms with Gasteiger partial charge >= 0.3 is 0 Å². The number of ether oxygens (including phenoxy) is 2. The molecule has 1 aromatic heterocycles. The number of nitrogens with zero attached hydrogens (tertiary/aromatic N) is 1. The fourth-order valence-corrected chi connectivity index (χ4v) is 1.90. The van der Waals surface area contributed by atoms with Crippen molar-refractivity contribution in [1.82, 2.24) is 4.98 Å². The van der Waals surface area contributed by atoms with Gasteiger partial charge in [0.2, 0.25) is 5.88 Å². The minimum absolute atomic E-state index is 0.146. The molecule has 0 fully saturated rings. The van der Waals surface area contributed by atoms with Gasteiger partial charge < -0.3 is 14.8 Å². The van der Waals surface area contributed by atoms with Crippen molar-refractivity contribution in [2.24, 2.45) is 0 Å². The SMILES string of the molecule is CCCOc1ncc(NC(=O)[C@](C)(CC)OCCC)cc1C. The van der Waals surface area contributed by atoms with Crippen molar-refractivity contribution < 1.29 is 14.3 Å². The number of amides is 1. The second-order valence-corrected chi connectivity index (χ2v) is 5.58. The van der Waals surface area contributed by atoms with E-state index >= 15 is 0 Å². The third-order valence-corrected chi connectivity index (χ3v) is 3.51. The predicted molar refractivity (Wildman–Crippen MR) is 88.3 cm³/mol. The number of nitrogens with one attached hydrogen (secondary N) is 1. The molecule has 0 saturated heterocycles. The summed E-state index contributed by atoms with van der Waals surface area (Å²) in [5, 5.41) is 2.88. The summed E-state index contributed by atoms with van der Waals surface area (Å²) in [7, 11) is 0. The van der Waals surface area contributed by atoms with Gasteiger partial charge in [0, 0.05) is 12.2 Å². The third kappa shape index (κ3) is 4.98. The number of anilines is 1. The summed E-state index contributed by atoms with van der Waals surface area (Å²) < 4.78 is 11.3. The maximum absolute atomic E-state index is 12.4. The lowest BCUT2D eigenvalue weighted by atomic mass is 10.0. The fraction of sp³-hybridized carbons (Fsp3) is 0.647. The van der Waals surface area contributed by atoms with E-state index in [0.717, 1.165) is 18.4 Å². The van der Waals surface area contributed by atoms with E-state index < -0.39 is 5.60 Å². The maximum atomic E-state index is 12.4. The molecular formula is C17H28N2O3. The monoisotopic (exact) mass is 308 g/mol. The summed E-state index contributed by atoms with van der Waals surface area (Å²) >= 11 is 0. The molecule has 0 spiro atoms. The van der Waals surface area contributed by atoms with Crippen molar-refractivity contribution in [3.8, 4) is 5.88 Å². The summed E-state index contributed by atoms with van der Waals surface area (Å²) in [4.78, 5) is 16.7. The van der Waals surface area contributed by atoms with E-state index in [-0.39, 0.29) is 5.91 Å². The highest BCUT2D eigenvalue weighted by Gasteiger charge is 2.32. The van der Waals surface area contributed by atoms with Crippen LogP contribution in [0, 0.1) is 6.92 Å². The van der Waals surface area contributed by atoms with Gasteiger partial charge in [0.25, 0.3) is 5.91 Å². The molecule has 1 aromatic rings. The Labute approximate surface area is 133 Å². The van der Waals surface area contributed by atoms with E-state index in [4.69, 9.17) is 9.47 Å². The first-order valence-corrected chi connectivity index (χ1v) is 8.01. The van der Waals surface area contributed by atoms with E-state index in [0.29, 0.717) is 31.2 Å². The Bertz CT molecular complexity index is 491. The molecule has 0 aliphatic heterocycles. The fourth-order valence-electron chi connectivity index (χ4n) is 1.90. The smallest absolute Gasteiger partial charge is 0.256 e. The van der Waals surface area contributed by atoms with Crippen molar-refractivity contribution >= 4 is 11.6 Å². The number of carbonyl (C=O) groups is 1. The second-order valence-electron chi connectivity index (χ2n) is 5.58. The molecule has 1 amide bonds. The lowest BCUT2D eigenvalue weighted by molar-refractivity contribution is -0.139. The molecule has 5 heteroatoms. The van der Waals surface area contributed by atoms with Gasteiger partial charge in [-0.1, -0.05) is 20.8 Å². The molecule has 0 aliphatic carbocycles. The molecule has 0 unspecified atom stereocenters. The Kier molecular flexibility index (Phi) is 7.32. The van der Waals surface area contributed by atoms with Crippen LogP contribution in [0.3, 0.4) is 0 Å². The first kappa shape index (κ1) is 18.4. The van der Waals surface area contributed by atoms with Crippen LogP contribution in [0.15, 0.2) is 12.3 Å². The molecule has 1 N–H and O–H groups in total. The summed E-state index contributed by atoms with van der Waals surface area (Å²) in [5.41, 5.74) is 0.742. The largest absolute Gasteiger partial charge is 0.477 e. The zero-order chi connectivity index (χ0) is 16.6. The second kappa shape index (κ2) is 8.73. The molecule has 1 rings (SSSR count). The first-order chi connectivity index (χ1) is 10.5. The van der Waals surface area contributed by atoms with Gasteiger partial charge in [0.1, 0.15) is 5.60 Å². The van der Waals surface area contributed by atoms with Crippen LogP contribution < -0.4 is 10.1 Å². The molecular weight excluding hydrogens is 280 g/mol. The Morgan fingerprint density at radius 1 is 1.27 bits per heavy atom. The third-order valence-electron chi connectivity index (χ3n) is 3.51. The van der Waals surface area contributed by atoms with Crippen molar-refractivity contribution in [2.75, 3.05) is 18.5 Å². The Morgan fingerprint density at radius 2 is 1.95 bits per heavy atom. The van der Waals surface area contributed by atoms with Gasteiger partial charge in [-0.15, -0.1) is 0 Å². The Morgan fingerprint density at radius 3 is 2.50 bits per heavy atom. The molecule has 1 heterocycles. The van der Waals surface area contributed by atoms with E-state index in [9.17, 15) is 4.79 Å². The molecule has 0 saturated carbocycles. The highest BCUT2D eigenvalue weighted by atomic mass is 16.5. The van der Waals surface area contributed by atoms with Gasteiger partial charge in [-0.05, 0) is 39.2 Å². The van der Waals surface area contributed by atoms with E-state index in [1.807, 2.05) is 40.7 Å². The quantitative estimate of drug-likeness (QED) is 0.755. The van der Waals surface area contributed by atoms with Crippen molar-refractivity contribution in [3.63, 3.8) is 0 Å². The molecule has 22 heavy (non-hydrogen) atoms. The average Bonchev–Trinajstić information content (AvgIpc) is 2.51. The van der Waals surface area contributed by atoms with Crippen LogP contribution >= 0.6 is 0 Å². The normalized spacial score (nSPS) is 13.5. The van der Waals surface area contributed by atoms with Crippen molar-refractivity contribution in [3.05, 3.63) is 17.8 Å². The van der Waals surface area contributed by atoms with E-state index in [1.54, 1.807) is 6.20 Å². The van der Waals surface area contributed by atoms with Crippen LogP contribution in [0.4, 0.5) is 5.69 Å². The number of pyridine rings is 1. The van der Waals surface area contributed by atoms with Crippen LogP contribution in [0.2, 0.25) is 0 Å². The zero-order valence-electron chi connectivity index (χ0n) is 14.4. The van der Waals surface area contributed by atoms with Crippen LogP contribution in [0.25, 0.3) is 0 Å². The average molecular weight is 308 g/mol. The number of hydrogen-bond acceptors (Lipinski definition) is 4. The zero-order valence-corrected chi connectivity index (χ0v) is 14.4. The molecule has 0 aliphatic rings.